The summed E-state index contributed by atoms with van der Waals surface area (Å²) >= 11 is 0. The maximum Gasteiger partial charge on any atom is 0.0636 e. The first kappa shape index (κ1) is 20.1. The minimum atomic E-state index is 0.886. The highest BCUT2D eigenvalue weighted by molar-refractivity contribution is 6.43. The molecule has 0 aliphatic rings. The summed E-state index contributed by atoms with van der Waals surface area (Å²) in [6, 6.07) is 16.9. The quantitative estimate of drug-likeness (QED) is 0.426. The van der Waals surface area contributed by atoms with Crippen LogP contribution >= 0.6 is 0 Å². The molecule has 0 bridgehead atoms. The molecular weight excluding hydrogens is 316 g/mol. The summed E-state index contributed by atoms with van der Waals surface area (Å²) in [6.07, 6.45) is 6.40. The van der Waals surface area contributed by atoms with E-state index in [4.69, 9.17) is 9.98 Å². The van der Waals surface area contributed by atoms with Gasteiger partial charge < -0.3 is 0 Å². The lowest BCUT2D eigenvalue weighted by atomic mass is 9.99. The van der Waals surface area contributed by atoms with E-state index in [-0.39, 0.29) is 0 Å². The summed E-state index contributed by atoms with van der Waals surface area (Å²) in [5.41, 5.74) is 7.13. The van der Waals surface area contributed by atoms with Crippen LogP contribution in [0.3, 0.4) is 0 Å². The number of benzene rings is 2. The number of aryl methyl sites for hydroxylation is 2. The van der Waals surface area contributed by atoms with E-state index >= 15 is 0 Å². The van der Waals surface area contributed by atoms with Crippen LogP contribution < -0.4 is 0 Å². The Labute approximate surface area is 159 Å². The first-order valence-corrected chi connectivity index (χ1v) is 10.0. The van der Waals surface area contributed by atoms with Gasteiger partial charge in [0.1, 0.15) is 0 Å². The molecule has 2 aromatic carbocycles. The Kier molecular flexibility index (Phi) is 8.27. The predicted octanol–water partition coefficient (Wildman–Crippen LogP) is 7.26. The Morgan fingerprint density at radius 2 is 1.23 bits per heavy atom. The molecule has 0 saturated heterocycles. The summed E-state index contributed by atoms with van der Waals surface area (Å²) in [5, 5.41) is 0. The highest BCUT2D eigenvalue weighted by Crippen LogP contribution is 2.22. The molecule has 2 heteroatoms. The van der Waals surface area contributed by atoms with E-state index in [0.29, 0.717) is 0 Å². The van der Waals surface area contributed by atoms with Gasteiger partial charge in [-0.25, -0.2) is 0 Å². The van der Waals surface area contributed by atoms with Crippen LogP contribution in [0.1, 0.15) is 64.5 Å². The zero-order valence-electron chi connectivity index (χ0n) is 16.8. The first-order chi connectivity index (χ1) is 12.7. The number of aliphatic imine (C=N–C) groups is 2. The van der Waals surface area contributed by atoms with E-state index in [1.54, 1.807) is 0 Å². The summed E-state index contributed by atoms with van der Waals surface area (Å²) < 4.78 is 0. The van der Waals surface area contributed by atoms with Gasteiger partial charge in [0.2, 0.25) is 0 Å². The lowest BCUT2D eigenvalue weighted by Gasteiger charge is -2.11. The summed E-state index contributed by atoms with van der Waals surface area (Å²) in [4.78, 5) is 9.81. The first-order valence-electron chi connectivity index (χ1n) is 10.0. The van der Waals surface area contributed by atoms with Crippen LogP contribution in [-0.4, -0.2) is 11.4 Å². The normalized spacial score (nSPS) is 12.5. The molecule has 0 aromatic heterocycles. The van der Waals surface area contributed by atoms with Gasteiger partial charge in [-0.15, -0.1) is 0 Å². The largest absolute Gasteiger partial charge is 0.252 e. The minimum Gasteiger partial charge on any atom is -0.252 e. The molecular formula is C24H32N2. The average Bonchev–Trinajstić information content (AvgIpc) is 2.67. The van der Waals surface area contributed by atoms with E-state index in [1.807, 2.05) is 30.3 Å². The maximum atomic E-state index is 4.97. The van der Waals surface area contributed by atoms with Gasteiger partial charge in [0, 0.05) is 0 Å². The SMILES string of the molecule is CCCc1ccc(N=C(CC)C(CC)=Nc2ccccc2)cc1CCC. The number of hydrogen-bond acceptors (Lipinski definition) is 2. The fourth-order valence-electron chi connectivity index (χ4n) is 3.21. The van der Waals surface area contributed by atoms with Gasteiger partial charge >= 0.3 is 0 Å². The molecule has 138 valence electrons. The average molecular weight is 349 g/mol. The second-order valence-electron chi connectivity index (χ2n) is 6.61. The van der Waals surface area contributed by atoms with Crippen LogP contribution in [-0.2, 0) is 12.8 Å². The van der Waals surface area contributed by atoms with Gasteiger partial charge in [-0.1, -0.05) is 64.8 Å². The third-order valence-corrected chi connectivity index (χ3v) is 4.52. The molecule has 0 amide bonds. The molecule has 0 atom stereocenters. The lowest BCUT2D eigenvalue weighted by Crippen LogP contribution is -2.11. The fraction of sp³-hybridized carbons (Fsp3) is 0.417. The van der Waals surface area contributed by atoms with Gasteiger partial charge in [0.25, 0.3) is 0 Å². The van der Waals surface area contributed by atoms with Crippen LogP contribution in [0.4, 0.5) is 11.4 Å². The number of rotatable bonds is 9. The molecule has 0 saturated carbocycles. The highest BCUT2D eigenvalue weighted by Gasteiger charge is 2.08. The molecule has 0 spiro atoms. The summed E-state index contributed by atoms with van der Waals surface area (Å²) in [7, 11) is 0. The molecule has 0 aliphatic heterocycles. The minimum absolute atomic E-state index is 0.886. The maximum absolute atomic E-state index is 4.97. The van der Waals surface area contributed by atoms with Crippen molar-refractivity contribution in [1.82, 2.24) is 0 Å². The van der Waals surface area contributed by atoms with Crippen LogP contribution in [0.25, 0.3) is 0 Å². The van der Waals surface area contributed by atoms with Gasteiger partial charge in [-0.05, 0) is 61.1 Å². The Morgan fingerprint density at radius 1 is 0.654 bits per heavy atom. The van der Waals surface area contributed by atoms with Gasteiger partial charge in [0.05, 0.1) is 22.8 Å². The Balaban J connectivity index is 2.37. The van der Waals surface area contributed by atoms with Crippen molar-refractivity contribution in [1.29, 1.82) is 0 Å². The standard InChI is InChI=1S/C24H32N2/c1-5-12-19-16-17-22(18-20(19)13-6-2)26-24(8-4)23(7-3)25-21-14-10-9-11-15-21/h9-11,14-18H,5-8,12-13H2,1-4H3. The molecule has 2 aromatic rings. The predicted molar refractivity (Wildman–Crippen MR) is 116 cm³/mol. The van der Waals surface area contributed by atoms with Crippen LogP contribution in [0.2, 0.25) is 0 Å². The van der Waals surface area contributed by atoms with E-state index in [9.17, 15) is 0 Å². The number of nitrogens with zero attached hydrogens (tertiary/aromatic N) is 2. The Hall–Kier alpha value is -2.22. The zero-order chi connectivity index (χ0) is 18.8. The van der Waals surface area contributed by atoms with E-state index in [1.165, 1.54) is 24.0 Å². The number of para-hydroxylation sites is 1. The van der Waals surface area contributed by atoms with E-state index in [2.05, 4.69) is 45.9 Å². The topological polar surface area (TPSA) is 24.7 Å². The second-order valence-corrected chi connectivity index (χ2v) is 6.61. The molecule has 2 rings (SSSR count). The summed E-state index contributed by atoms with van der Waals surface area (Å²) in [6.45, 7) is 8.79. The monoisotopic (exact) mass is 348 g/mol. The molecule has 0 heterocycles. The third kappa shape index (κ3) is 5.66. The van der Waals surface area contributed by atoms with Crippen molar-refractivity contribution >= 4 is 22.8 Å². The smallest absolute Gasteiger partial charge is 0.0636 e. The molecule has 2 nitrogen and oxygen atoms in total. The van der Waals surface area contributed by atoms with Crippen molar-refractivity contribution in [2.24, 2.45) is 9.98 Å². The molecule has 0 radical (unpaired) electrons. The Bertz CT molecular complexity index is 742. The van der Waals surface area contributed by atoms with E-state index in [0.717, 1.165) is 48.5 Å². The van der Waals surface area contributed by atoms with Crippen LogP contribution in [0.5, 0.6) is 0 Å². The molecule has 0 N–H and O–H groups in total. The summed E-state index contributed by atoms with van der Waals surface area (Å²) in [5.74, 6) is 0. The van der Waals surface area contributed by atoms with Crippen molar-refractivity contribution in [2.45, 2.75) is 66.2 Å². The van der Waals surface area contributed by atoms with Crippen molar-refractivity contribution in [3.63, 3.8) is 0 Å². The van der Waals surface area contributed by atoms with E-state index < -0.39 is 0 Å². The van der Waals surface area contributed by atoms with Crippen molar-refractivity contribution in [3.05, 3.63) is 59.7 Å². The zero-order valence-corrected chi connectivity index (χ0v) is 16.8. The van der Waals surface area contributed by atoms with Gasteiger partial charge in [-0.2, -0.15) is 0 Å². The van der Waals surface area contributed by atoms with Crippen molar-refractivity contribution in [3.8, 4) is 0 Å². The molecule has 0 unspecified atom stereocenters. The highest BCUT2D eigenvalue weighted by atomic mass is 14.8. The second kappa shape index (κ2) is 10.7. The van der Waals surface area contributed by atoms with Crippen LogP contribution in [0.15, 0.2) is 58.5 Å². The Morgan fingerprint density at radius 3 is 1.81 bits per heavy atom. The van der Waals surface area contributed by atoms with Gasteiger partial charge in [-0.3, -0.25) is 9.98 Å². The molecule has 26 heavy (non-hydrogen) atoms. The molecule has 0 aliphatic carbocycles. The van der Waals surface area contributed by atoms with Gasteiger partial charge in [0.15, 0.2) is 0 Å². The lowest BCUT2D eigenvalue weighted by molar-refractivity contribution is 0.861. The van der Waals surface area contributed by atoms with Crippen LogP contribution in [0, 0.1) is 0 Å². The van der Waals surface area contributed by atoms with Crippen molar-refractivity contribution in [2.75, 3.05) is 0 Å². The number of hydrogen-bond donors (Lipinski definition) is 0. The van der Waals surface area contributed by atoms with Crippen molar-refractivity contribution < 1.29 is 0 Å². The molecule has 0 fully saturated rings. The fourth-order valence-corrected chi connectivity index (χ4v) is 3.21. The third-order valence-electron chi connectivity index (χ3n) is 4.52.